The predicted octanol–water partition coefficient (Wildman–Crippen LogP) is 3.13. The molecule has 0 radical (unpaired) electrons. The lowest BCUT2D eigenvalue weighted by Crippen LogP contribution is -2.43. The maximum atomic E-state index is 13.0. The van der Waals surface area contributed by atoms with Gasteiger partial charge >= 0.3 is 0 Å². The standard InChI is InChI=1S/C23H25N3O2S/c24-22(29)26-25-20-17(10-9-15-5-1-3-7-18(15)20)12-14-23(28)13-11-16-6-2-4-8-19(16)21(23)27/h1-8,17,28H,9-14H2,(H3,24,26,29)/b25-20+/t17-,23-/m1/s1. The highest BCUT2D eigenvalue weighted by atomic mass is 32.1. The molecule has 4 N–H and O–H groups in total. The molecule has 2 aliphatic carbocycles. The van der Waals surface area contributed by atoms with Gasteiger partial charge in [0.1, 0.15) is 5.60 Å². The molecule has 0 heterocycles. The number of nitrogens with zero attached hydrogens (tertiary/aromatic N) is 1. The summed E-state index contributed by atoms with van der Waals surface area (Å²) in [5.74, 6) is -0.0314. The van der Waals surface area contributed by atoms with E-state index in [0.717, 1.165) is 36.1 Å². The molecular weight excluding hydrogens is 382 g/mol. The Morgan fingerprint density at radius 2 is 1.79 bits per heavy atom. The molecule has 0 bridgehead atoms. The number of hydrogen-bond acceptors (Lipinski definition) is 4. The fourth-order valence-electron chi connectivity index (χ4n) is 4.54. The van der Waals surface area contributed by atoms with Gasteiger partial charge in [-0.05, 0) is 61.9 Å². The van der Waals surface area contributed by atoms with Gasteiger partial charge in [0, 0.05) is 17.0 Å². The number of hydrazone groups is 1. The first kappa shape index (κ1) is 19.7. The van der Waals surface area contributed by atoms with Crippen molar-refractivity contribution in [3.05, 3.63) is 70.8 Å². The van der Waals surface area contributed by atoms with Gasteiger partial charge in [-0.2, -0.15) is 5.10 Å². The van der Waals surface area contributed by atoms with E-state index in [1.165, 1.54) is 5.56 Å². The van der Waals surface area contributed by atoms with Crippen molar-refractivity contribution >= 4 is 28.8 Å². The zero-order valence-corrected chi connectivity index (χ0v) is 17.0. The summed E-state index contributed by atoms with van der Waals surface area (Å²) >= 11 is 4.91. The number of thiocarbonyl (C=S) groups is 1. The van der Waals surface area contributed by atoms with E-state index < -0.39 is 5.60 Å². The number of carbonyl (C=O) groups excluding carboxylic acids is 1. The lowest BCUT2D eigenvalue weighted by atomic mass is 9.73. The predicted molar refractivity (Wildman–Crippen MR) is 118 cm³/mol. The topological polar surface area (TPSA) is 87.7 Å². The SMILES string of the molecule is NC(=S)N/N=C1/c2ccccc2CC[C@@H]1CC[C@]1(O)CCc2ccccc2C1=O. The summed E-state index contributed by atoms with van der Waals surface area (Å²) in [6, 6.07) is 15.8. The lowest BCUT2D eigenvalue weighted by molar-refractivity contribution is 0.0174. The number of fused-ring (bicyclic) bond motifs is 2. The van der Waals surface area contributed by atoms with Gasteiger partial charge in [0.25, 0.3) is 0 Å². The van der Waals surface area contributed by atoms with Crippen molar-refractivity contribution in [3.8, 4) is 0 Å². The lowest BCUT2D eigenvalue weighted by Gasteiger charge is -2.34. The minimum Gasteiger partial charge on any atom is -0.382 e. The van der Waals surface area contributed by atoms with Crippen LogP contribution in [0.25, 0.3) is 0 Å². The third-order valence-electron chi connectivity index (χ3n) is 6.13. The minimum atomic E-state index is -1.31. The van der Waals surface area contributed by atoms with E-state index in [1.807, 2.05) is 36.4 Å². The summed E-state index contributed by atoms with van der Waals surface area (Å²) in [7, 11) is 0. The molecule has 0 saturated heterocycles. The number of Topliss-reactive ketones (excluding diaryl/α,β-unsaturated/α-hetero) is 1. The Labute approximate surface area is 176 Å². The third kappa shape index (κ3) is 3.95. The molecule has 0 aromatic heterocycles. The van der Waals surface area contributed by atoms with Crippen molar-refractivity contribution in [2.75, 3.05) is 0 Å². The molecule has 2 aromatic rings. The van der Waals surface area contributed by atoms with E-state index in [4.69, 9.17) is 18.0 Å². The van der Waals surface area contributed by atoms with Crippen LogP contribution in [0.15, 0.2) is 53.6 Å². The number of benzene rings is 2. The highest BCUT2D eigenvalue weighted by Gasteiger charge is 2.41. The van der Waals surface area contributed by atoms with Gasteiger partial charge in [0.05, 0.1) is 5.71 Å². The van der Waals surface area contributed by atoms with Crippen molar-refractivity contribution in [2.45, 2.75) is 44.1 Å². The molecule has 6 heteroatoms. The number of aliphatic hydroxyl groups is 1. The number of rotatable bonds is 4. The van der Waals surface area contributed by atoms with Gasteiger partial charge in [-0.3, -0.25) is 10.2 Å². The van der Waals surface area contributed by atoms with E-state index in [0.29, 0.717) is 24.8 Å². The third-order valence-corrected chi connectivity index (χ3v) is 6.22. The second kappa shape index (κ2) is 8.05. The molecule has 4 rings (SSSR count). The first-order chi connectivity index (χ1) is 14.0. The zero-order chi connectivity index (χ0) is 20.4. The van der Waals surface area contributed by atoms with E-state index in [1.54, 1.807) is 0 Å². The van der Waals surface area contributed by atoms with Crippen molar-refractivity contribution in [1.29, 1.82) is 0 Å². The molecule has 0 spiro atoms. The van der Waals surface area contributed by atoms with Gasteiger partial charge in [-0.15, -0.1) is 0 Å². The van der Waals surface area contributed by atoms with Gasteiger partial charge in [0.15, 0.2) is 10.9 Å². The first-order valence-electron chi connectivity index (χ1n) is 10.0. The summed E-state index contributed by atoms with van der Waals surface area (Å²) in [4.78, 5) is 13.0. The van der Waals surface area contributed by atoms with Crippen molar-refractivity contribution in [1.82, 2.24) is 5.43 Å². The van der Waals surface area contributed by atoms with Gasteiger partial charge in [-0.1, -0.05) is 48.5 Å². The van der Waals surface area contributed by atoms with Gasteiger partial charge in [-0.25, -0.2) is 0 Å². The summed E-state index contributed by atoms with van der Waals surface area (Å²) in [6.07, 6.45) is 4.13. The summed E-state index contributed by atoms with van der Waals surface area (Å²) < 4.78 is 0. The fourth-order valence-corrected chi connectivity index (χ4v) is 4.59. The normalized spacial score (nSPS) is 24.7. The Morgan fingerprint density at radius 1 is 1.14 bits per heavy atom. The van der Waals surface area contributed by atoms with Crippen LogP contribution in [-0.2, 0) is 12.8 Å². The van der Waals surface area contributed by atoms with Crippen LogP contribution in [0.2, 0.25) is 0 Å². The van der Waals surface area contributed by atoms with E-state index >= 15 is 0 Å². The highest BCUT2D eigenvalue weighted by Crippen LogP contribution is 2.36. The largest absolute Gasteiger partial charge is 0.382 e. The van der Waals surface area contributed by atoms with Crippen LogP contribution in [0.3, 0.4) is 0 Å². The number of aryl methyl sites for hydroxylation is 2. The van der Waals surface area contributed by atoms with E-state index in [9.17, 15) is 9.90 Å². The highest BCUT2D eigenvalue weighted by molar-refractivity contribution is 7.80. The van der Waals surface area contributed by atoms with Crippen LogP contribution in [0.4, 0.5) is 0 Å². The first-order valence-corrected chi connectivity index (χ1v) is 10.5. The molecule has 2 aromatic carbocycles. The Balaban J connectivity index is 1.55. The zero-order valence-electron chi connectivity index (χ0n) is 16.2. The Kier molecular flexibility index (Phi) is 5.48. The number of hydrogen-bond donors (Lipinski definition) is 3. The maximum Gasteiger partial charge on any atom is 0.194 e. The minimum absolute atomic E-state index is 0.122. The van der Waals surface area contributed by atoms with Gasteiger partial charge in [0.2, 0.25) is 0 Å². The Hall–Kier alpha value is -2.57. The average molecular weight is 408 g/mol. The molecule has 0 amide bonds. The number of ketones is 1. The molecule has 2 atom stereocenters. The fraction of sp³-hybridized carbons (Fsp3) is 0.348. The summed E-state index contributed by atoms with van der Waals surface area (Å²) in [6.45, 7) is 0. The molecular formula is C23H25N3O2S. The van der Waals surface area contributed by atoms with Gasteiger partial charge < -0.3 is 10.8 Å². The van der Waals surface area contributed by atoms with Crippen LogP contribution in [0.1, 0.15) is 52.7 Å². The number of carbonyl (C=O) groups is 1. The summed E-state index contributed by atoms with van der Waals surface area (Å²) in [5.41, 5.74) is 11.9. The van der Waals surface area contributed by atoms with Crippen molar-refractivity contribution in [3.63, 3.8) is 0 Å². The van der Waals surface area contributed by atoms with Crippen LogP contribution in [0, 0.1) is 5.92 Å². The second-order valence-corrected chi connectivity index (χ2v) is 8.36. The molecule has 0 aliphatic heterocycles. The summed E-state index contributed by atoms with van der Waals surface area (Å²) in [5, 5.41) is 15.8. The Morgan fingerprint density at radius 3 is 2.52 bits per heavy atom. The van der Waals surface area contributed by atoms with E-state index in [-0.39, 0.29) is 16.8 Å². The molecule has 0 fully saturated rings. The molecule has 5 nitrogen and oxygen atoms in total. The smallest absolute Gasteiger partial charge is 0.194 e. The number of nitrogens with two attached hydrogens (primary N) is 1. The molecule has 150 valence electrons. The molecule has 2 aliphatic rings. The second-order valence-electron chi connectivity index (χ2n) is 7.92. The average Bonchev–Trinajstić information content (AvgIpc) is 2.74. The van der Waals surface area contributed by atoms with Crippen molar-refractivity contribution in [2.24, 2.45) is 16.8 Å². The molecule has 0 unspecified atom stereocenters. The molecule has 0 saturated carbocycles. The Bertz CT molecular complexity index is 988. The van der Waals surface area contributed by atoms with Crippen LogP contribution < -0.4 is 11.2 Å². The number of nitrogens with one attached hydrogen (secondary N) is 1. The van der Waals surface area contributed by atoms with Crippen molar-refractivity contribution < 1.29 is 9.90 Å². The van der Waals surface area contributed by atoms with Crippen LogP contribution in [0.5, 0.6) is 0 Å². The van der Waals surface area contributed by atoms with Crippen LogP contribution in [-0.4, -0.2) is 27.3 Å². The maximum absolute atomic E-state index is 13.0. The van der Waals surface area contributed by atoms with E-state index in [2.05, 4.69) is 22.7 Å². The quantitative estimate of drug-likeness (QED) is 0.535. The monoisotopic (exact) mass is 407 g/mol. The van der Waals surface area contributed by atoms with Crippen LogP contribution >= 0.6 is 12.2 Å². The molecule has 29 heavy (non-hydrogen) atoms.